The zero-order chi connectivity index (χ0) is 18.5. The maximum absolute atomic E-state index is 13.1. The Morgan fingerprint density at radius 1 is 1.15 bits per heavy atom. The Morgan fingerprint density at radius 3 is 2.50 bits per heavy atom. The van der Waals surface area contributed by atoms with E-state index in [0.717, 1.165) is 51.4 Å². The van der Waals surface area contributed by atoms with Gasteiger partial charge in [-0.15, -0.1) is 11.8 Å². The smallest absolute Gasteiger partial charge is 0.232 e. The summed E-state index contributed by atoms with van der Waals surface area (Å²) in [6.45, 7) is 9.97. The lowest BCUT2D eigenvalue weighted by molar-refractivity contribution is -0.130. The first kappa shape index (κ1) is 19.5. The van der Waals surface area contributed by atoms with Crippen LogP contribution < -0.4 is 4.90 Å². The average molecular weight is 380 g/mol. The molecular formula is C20H30FN3OS. The Kier molecular flexibility index (Phi) is 6.81. The summed E-state index contributed by atoms with van der Waals surface area (Å²) in [5.74, 6) is 0.705. The molecule has 6 heteroatoms. The molecule has 2 saturated heterocycles. The van der Waals surface area contributed by atoms with Crippen molar-refractivity contribution < 1.29 is 9.18 Å². The van der Waals surface area contributed by atoms with Crippen LogP contribution in [0.25, 0.3) is 0 Å². The minimum atomic E-state index is -0.185. The highest BCUT2D eigenvalue weighted by Crippen LogP contribution is 2.22. The molecule has 1 unspecified atom stereocenters. The molecule has 0 bridgehead atoms. The van der Waals surface area contributed by atoms with Gasteiger partial charge in [0.1, 0.15) is 5.82 Å². The molecule has 1 amide bonds. The summed E-state index contributed by atoms with van der Waals surface area (Å²) in [5.41, 5.74) is 1.09. The monoisotopic (exact) mass is 379 g/mol. The van der Waals surface area contributed by atoms with Gasteiger partial charge in [0.15, 0.2) is 0 Å². The van der Waals surface area contributed by atoms with Crippen LogP contribution in [0, 0.1) is 5.82 Å². The van der Waals surface area contributed by atoms with E-state index in [1.54, 1.807) is 11.8 Å². The van der Waals surface area contributed by atoms with Crippen molar-refractivity contribution in [2.24, 2.45) is 0 Å². The first-order chi connectivity index (χ1) is 12.5. The maximum Gasteiger partial charge on any atom is 0.232 e. The normalized spacial score (nSPS) is 22.1. The summed E-state index contributed by atoms with van der Waals surface area (Å²) in [6, 6.07) is 7.26. The average Bonchev–Trinajstić information content (AvgIpc) is 2.67. The molecule has 0 aliphatic carbocycles. The molecule has 0 saturated carbocycles. The van der Waals surface area contributed by atoms with Crippen LogP contribution in [0.15, 0.2) is 24.3 Å². The number of thioether (sulfide) groups is 1. The predicted molar refractivity (Wildman–Crippen MR) is 107 cm³/mol. The second-order valence-corrected chi connectivity index (χ2v) is 9.06. The summed E-state index contributed by atoms with van der Waals surface area (Å²) in [6.07, 6.45) is 2.28. The van der Waals surface area contributed by atoms with Gasteiger partial charge < -0.3 is 9.80 Å². The molecule has 0 N–H and O–H groups in total. The van der Waals surface area contributed by atoms with E-state index in [2.05, 4.69) is 28.5 Å². The highest BCUT2D eigenvalue weighted by Gasteiger charge is 2.30. The van der Waals surface area contributed by atoms with Crippen molar-refractivity contribution in [3.05, 3.63) is 30.1 Å². The molecule has 1 aromatic rings. The maximum atomic E-state index is 13.1. The lowest BCUT2D eigenvalue weighted by Gasteiger charge is -2.44. The van der Waals surface area contributed by atoms with Gasteiger partial charge in [0.2, 0.25) is 5.91 Å². The minimum absolute atomic E-state index is 0.185. The fourth-order valence-corrected chi connectivity index (χ4v) is 4.46. The fraction of sp³-hybridized carbons (Fsp3) is 0.650. The molecule has 2 aliphatic rings. The van der Waals surface area contributed by atoms with Gasteiger partial charge in [-0.3, -0.25) is 9.69 Å². The third-order valence-corrected chi connectivity index (χ3v) is 6.39. The third-order valence-electron chi connectivity index (χ3n) is 5.31. The Balaban J connectivity index is 1.49. The van der Waals surface area contributed by atoms with Gasteiger partial charge in [0.05, 0.1) is 5.75 Å². The second-order valence-electron chi connectivity index (χ2n) is 7.49. The SMILES string of the molecule is CC(C)SCC(=O)N1CCCC(N2CCN(c3ccc(F)cc3)CC2)C1. The lowest BCUT2D eigenvalue weighted by Crippen LogP contribution is -2.56. The molecule has 0 spiro atoms. The summed E-state index contributed by atoms with van der Waals surface area (Å²) in [5, 5.41) is 0.499. The number of hydrogen-bond acceptors (Lipinski definition) is 4. The minimum Gasteiger partial charge on any atom is -0.369 e. The molecule has 1 aromatic carbocycles. The molecule has 144 valence electrons. The van der Waals surface area contributed by atoms with Crippen molar-refractivity contribution in [2.45, 2.75) is 38.0 Å². The van der Waals surface area contributed by atoms with Gasteiger partial charge in [-0.1, -0.05) is 13.8 Å². The molecule has 26 heavy (non-hydrogen) atoms. The van der Waals surface area contributed by atoms with Gasteiger partial charge in [-0.05, 0) is 42.4 Å². The zero-order valence-corrected chi connectivity index (χ0v) is 16.7. The van der Waals surface area contributed by atoms with Crippen molar-refractivity contribution in [3.63, 3.8) is 0 Å². The van der Waals surface area contributed by atoms with E-state index in [9.17, 15) is 9.18 Å². The number of hydrogen-bond donors (Lipinski definition) is 0. The summed E-state index contributed by atoms with van der Waals surface area (Å²) < 4.78 is 13.1. The van der Waals surface area contributed by atoms with Gasteiger partial charge in [-0.2, -0.15) is 0 Å². The number of carbonyl (C=O) groups excluding carboxylic acids is 1. The summed E-state index contributed by atoms with van der Waals surface area (Å²) in [7, 11) is 0. The number of nitrogens with zero attached hydrogens (tertiary/aromatic N) is 3. The third kappa shape index (κ3) is 5.13. The van der Waals surface area contributed by atoms with Crippen LogP contribution in [0.1, 0.15) is 26.7 Å². The Bertz CT molecular complexity index is 587. The highest BCUT2D eigenvalue weighted by molar-refractivity contribution is 8.00. The number of anilines is 1. The van der Waals surface area contributed by atoms with E-state index < -0.39 is 0 Å². The number of rotatable bonds is 5. The van der Waals surface area contributed by atoms with E-state index in [1.165, 1.54) is 18.6 Å². The molecule has 2 heterocycles. The molecule has 0 aromatic heterocycles. The van der Waals surface area contributed by atoms with Crippen molar-refractivity contribution in [1.82, 2.24) is 9.80 Å². The molecule has 1 atom stereocenters. The van der Waals surface area contributed by atoms with Crippen LogP contribution in [-0.2, 0) is 4.79 Å². The van der Waals surface area contributed by atoms with Crippen LogP contribution >= 0.6 is 11.8 Å². The Morgan fingerprint density at radius 2 is 1.85 bits per heavy atom. The topological polar surface area (TPSA) is 26.8 Å². The second kappa shape index (κ2) is 9.09. The highest BCUT2D eigenvalue weighted by atomic mass is 32.2. The number of carbonyl (C=O) groups is 1. The van der Waals surface area contributed by atoms with Crippen molar-refractivity contribution in [2.75, 3.05) is 49.9 Å². The number of amides is 1. The van der Waals surface area contributed by atoms with Crippen LogP contribution in [0.5, 0.6) is 0 Å². The zero-order valence-electron chi connectivity index (χ0n) is 15.9. The van der Waals surface area contributed by atoms with Crippen molar-refractivity contribution in [1.29, 1.82) is 0 Å². The first-order valence-electron chi connectivity index (χ1n) is 9.67. The standard InChI is InChI=1S/C20H30FN3OS/c1-16(2)26-15-20(25)24-9-3-4-19(14-24)23-12-10-22(11-13-23)18-7-5-17(21)6-8-18/h5-8,16,19H,3-4,9-15H2,1-2H3. The number of benzene rings is 1. The first-order valence-corrected chi connectivity index (χ1v) is 10.7. The number of halogens is 1. The summed E-state index contributed by atoms with van der Waals surface area (Å²) >= 11 is 1.73. The van der Waals surface area contributed by atoms with Gasteiger partial charge >= 0.3 is 0 Å². The van der Waals surface area contributed by atoms with Crippen molar-refractivity contribution >= 4 is 23.4 Å². The fourth-order valence-electron chi connectivity index (χ4n) is 3.81. The molecule has 3 rings (SSSR count). The Hall–Kier alpha value is -1.27. The molecular weight excluding hydrogens is 349 g/mol. The quantitative estimate of drug-likeness (QED) is 0.786. The van der Waals surface area contributed by atoms with Gasteiger partial charge in [0, 0.05) is 51.0 Å². The number of likely N-dealkylation sites (tertiary alicyclic amines) is 1. The molecule has 4 nitrogen and oxygen atoms in total. The van der Waals surface area contributed by atoms with Crippen LogP contribution in [-0.4, -0.2) is 72.0 Å². The lowest BCUT2D eigenvalue weighted by atomic mass is 10.0. The van der Waals surface area contributed by atoms with Crippen LogP contribution in [0.3, 0.4) is 0 Å². The van der Waals surface area contributed by atoms with E-state index >= 15 is 0 Å². The van der Waals surface area contributed by atoms with E-state index in [4.69, 9.17) is 0 Å². The van der Waals surface area contributed by atoms with Gasteiger partial charge in [-0.25, -0.2) is 4.39 Å². The van der Waals surface area contributed by atoms with Crippen LogP contribution in [0.4, 0.5) is 10.1 Å². The Labute approximate surface area is 160 Å². The molecule has 2 fully saturated rings. The largest absolute Gasteiger partial charge is 0.369 e. The number of piperazine rings is 1. The summed E-state index contributed by atoms with van der Waals surface area (Å²) in [4.78, 5) is 19.4. The molecule has 0 radical (unpaired) electrons. The van der Waals surface area contributed by atoms with E-state index in [-0.39, 0.29) is 5.82 Å². The van der Waals surface area contributed by atoms with Gasteiger partial charge in [0.25, 0.3) is 0 Å². The van der Waals surface area contributed by atoms with Crippen molar-refractivity contribution in [3.8, 4) is 0 Å². The van der Waals surface area contributed by atoms with E-state index in [0.29, 0.717) is 23.0 Å². The number of piperidine rings is 1. The van der Waals surface area contributed by atoms with Crippen LogP contribution in [0.2, 0.25) is 0 Å². The predicted octanol–water partition coefficient (Wildman–Crippen LogP) is 3.08. The molecule has 2 aliphatic heterocycles. The van der Waals surface area contributed by atoms with E-state index in [1.807, 2.05) is 12.1 Å².